The minimum Gasteiger partial charge on any atom is -0.497 e. The van der Waals surface area contributed by atoms with Crippen LogP contribution in [0.1, 0.15) is 39.5 Å². The summed E-state index contributed by atoms with van der Waals surface area (Å²) in [5.41, 5.74) is 5.52. The summed E-state index contributed by atoms with van der Waals surface area (Å²) in [6.45, 7) is 1.69. The van der Waals surface area contributed by atoms with Crippen LogP contribution >= 0.6 is 0 Å². The highest BCUT2D eigenvalue weighted by Gasteiger charge is 2.17. The van der Waals surface area contributed by atoms with E-state index < -0.39 is 17.9 Å². The average Bonchev–Trinajstić information content (AvgIpc) is 2.93. The summed E-state index contributed by atoms with van der Waals surface area (Å²) < 4.78 is 5.00. The molecular weight excluding hydrogens is 290 g/mol. The third kappa shape index (κ3) is 3.32. The second-order valence-electron chi connectivity index (χ2n) is 4.53. The van der Waals surface area contributed by atoms with Crippen molar-refractivity contribution in [1.29, 1.82) is 0 Å². The molecule has 2 rings (SSSR count). The van der Waals surface area contributed by atoms with Gasteiger partial charge in [-0.15, -0.1) is 5.10 Å². The number of nitrogen functional groups attached to an aromatic ring is 1. The van der Waals surface area contributed by atoms with E-state index in [-0.39, 0.29) is 22.8 Å². The molecule has 0 saturated heterocycles. The van der Waals surface area contributed by atoms with Crippen LogP contribution in [-0.4, -0.2) is 39.3 Å². The molecular formula is C13H15N5O4. The van der Waals surface area contributed by atoms with Crippen molar-refractivity contribution in [2.24, 2.45) is 0 Å². The Bertz CT molecular complexity index is 712. The molecule has 22 heavy (non-hydrogen) atoms. The number of rotatable bonds is 5. The van der Waals surface area contributed by atoms with Crippen LogP contribution < -0.4 is 15.8 Å². The maximum atomic E-state index is 12.2. The van der Waals surface area contributed by atoms with Crippen molar-refractivity contribution in [2.45, 2.75) is 13.0 Å². The molecule has 1 heterocycles. The summed E-state index contributed by atoms with van der Waals surface area (Å²) in [7, 11) is 1.39. The molecule has 9 heteroatoms. The lowest BCUT2D eigenvalue weighted by molar-refractivity contribution is 0.0696. The number of carbonyl (C=O) groups excluding carboxylic acids is 1. The Morgan fingerprint density at radius 3 is 2.59 bits per heavy atom. The number of H-pyrrole nitrogens is 1. The van der Waals surface area contributed by atoms with E-state index in [1.165, 1.54) is 25.3 Å². The van der Waals surface area contributed by atoms with Gasteiger partial charge in [-0.05, 0) is 25.1 Å². The number of nitrogens with one attached hydrogen (secondary N) is 2. The topological polar surface area (TPSA) is 143 Å². The number of hydrogen-bond acceptors (Lipinski definition) is 6. The van der Waals surface area contributed by atoms with Crippen LogP contribution in [0.15, 0.2) is 18.2 Å². The molecule has 0 spiro atoms. The third-order valence-corrected chi connectivity index (χ3v) is 2.93. The van der Waals surface area contributed by atoms with E-state index >= 15 is 0 Å². The average molecular weight is 305 g/mol. The van der Waals surface area contributed by atoms with E-state index in [1.807, 2.05) is 0 Å². The molecule has 116 valence electrons. The number of methoxy groups -OCH3 is 1. The van der Waals surface area contributed by atoms with Crippen molar-refractivity contribution in [3.63, 3.8) is 0 Å². The van der Waals surface area contributed by atoms with E-state index in [2.05, 4.69) is 20.5 Å². The number of benzene rings is 1. The number of aromatic amines is 1. The largest absolute Gasteiger partial charge is 0.497 e. The lowest BCUT2D eigenvalue weighted by atomic mass is 10.1. The second kappa shape index (κ2) is 6.12. The zero-order valence-corrected chi connectivity index (χ0v) is 12.0. The van der Waals surface area contributed by atoms with Gasteiger partial charge >= 0.3 is 5.97 Å². The number of carboxylic acid groups (broad SMARTS) is 1. The predicted octanol–water partition coefficient (Wildman–Crippen LogP) is 0.585. The minimum absolute atomic E-state index is 0.0407. The van der Waals surface area contributed by atoms with Gasteiger partial charge in [-0.1, -0.05) is 0 Å². The molecule has 1 atom stereocenters. The van der Waals surface area contributed by atoms with Crippen molar-refractivity contribution in [2.75, 3.05) is 12.8 Å². The normalized spacial score (nSPS) is 11.7. The molecule has 0 bridgehead atoms. The first-order valence-corrected chi connectivity index (χ1v) is 6.31. The number of aromatic nitrogens is 3. The highest BCUT2D eigenvalue weighted by molar-refractivity contribution is 5.98. The quantitative estimate of drug-likeness (QED) is 0.632. The molecule has 0 aliphatic rings. The molecule has 0 aliphatic carbocycles. The van der Waals surface area contributed by atoms with Crippen LogP contribution in [-0.2, 0) is 0 Å². The second-order valence-corrected chi connectivity index (χ2v) is 4.53. The number of ether oxygens (including phenoxy) is 1. The monoisotopic (exact) mass is 305 g/mol. The van der Waals surface area contributed by atoms with E-state index in [4.69, 9.17) is 15.6 Å². The van der Waals surface area contributed by atoms with Crippen LogP contribution in [0.4, 0.5) is 5.95 Å². The molecule has 9 nitrogen and oxygen atoms in total. The van der Waals surface area contributed by atoms with Gasteiger partial charge in [-0.25, -0.2) is 4.79 Å². The number of carboxylic acids is 1. The lowest BCUT2D eigenvalue weighted by Crippen LogP contribution is -2.27. The first kappa shape index (κ1) is 15.3. The smallest absolute Gasteiger partial charge is 0.335 e. The fraction of sp³-hybridized carbons (Fsp3) is 0.231. The standard InChI is InChI=1S/C13H15N5O4/c1-6(10-16-13(14)18-17-10)15-11(19)7-3-8(12(20)21)5-9(4-7)22-2/h3-6H,1-2H3,(H,15,19)(H,20,21)(H3,14,16,17,18)/t6-/m0/s1. The fourth-order valence-corrected chi connectivity index (χ4v) is 1.80. The highest BCUT2D eigenvalue weighted by Crippen LogP contribution is 2.18. The van der Waals surface area contributed by atoms with Crippen LogP contribution in [0, 0.1) is 0 Å². The van der Waals surface area contributed by atoms with Crippen LogP contribution in [0.5, 0.6) is 5.75 Å². The zero-order chi connectivity index (χ0) is 16.3. The Labute approximate surface area is 125 Å². The number of carbonyl (C=O) groups is 2. The Morgan fingerprint density at radius 1 is 1.36 bits per heavy atom. The molecule has 0 unspecified atom stereocenters. The van der Waals surface area contributed by atoms with E-state index in [9.17, 15) is 9.59 Å². The van der Waals surface area contributed by atoms with Gasteiger partial charge in [-0.2, -0.15) is 4.98 Å². The molecule has 2 aromatic rings. The summed E-state index contributed by atoms with van der Waals surface area (Å²) in [6.07, 6.45) is 0. The molecule has 0 radical (unpaired) electrons. The molecule has 0 fully saturated rings. The van der Waals surface area contributed by atoms with Crippen molar-refractivity contribution in [3.8, 4) is 5.75 Å². The lowest BCUT2D eigenvalue weighted by Gasteiger charge is -2.12. The first-order valence-electron chi connectivity index (χ1n) is 6.31. The van der Waals surface area contributed by atoms with Gasteiger partial charge in [0.1, 0.15) is 11.6 Å². The number of hydrogen-bond donors (Lipinski definition) is 4. The Balaban J connectivity index is 2.21. The number of nitrogens with two attached hydrogens (primary N) is 1. The summed E-state index contributed by atoms with van der Waals surface area (Å²) in [5.74, 6) is -0.868. The van der Waals surface area contributed by atoms with Crippen molar-refractivity contribution in [3.05, 3.63) is 35.2 Å². The fourth-order valence-electron chi connectivity index (χ4n) is 1.80. The van der Waals surface area contributed by atoms with Gasteiger partial charge in [0.2, 0.25) is 5.95 Å². The van der Waals surface area contributed by atoms with Gasteiger partial charge < -0.3 is 20.9 Å². The maximum absolute atomic E-state index is 12.2. The van der Waals surface area contributed by atoms with Crippen LogP contribution in [0.25, 0.3) is 0 Å². The molecule has 0 saturated carbocycles. The van der Waals surface area contributed by atoms with Crippen LogP contribution in [0.2, 0.25) is 0 Å². The van der Waals surface area contributed by atoms with E-state index in [0.717, 1.165) is 0 Å². The summed E-state index contributed by atoms with van der Waals surface area (Å²) >= 11 is 0. The Kier molecular flexibility index (Phi) is 4.25. The SMILES string of the molecule is COc1cc(C(=O)O)cc(C(=O)N[C@@H](C)c2nc(N)n[nH]2)c1. The van der Waals surface area contributed by atoms with Gasteiger partial charge in [-0.3, -0.25) is 9.89 Å². The minimum atomic E-state index is -1.15. The molecule has 1 aromatic carbocycles. The molecule has 1 amide bonds. The van der Waals surface area contributed by atoms with Gasteiger partial charge in [0.15, 0.2) is 0 Å². The van der Waals surface area contributed by atoms with Gasteiger partial charge in [0.25, 0.3) is 5.91 Å². The van der Waals surface area contributed by atoms with E-state index in [0.29, 0.717) is 5.82 Å². The summed E-state index contributed by atoms with van der Waals surface area (Å²) in [4.78, 5) is 27.2. The van der Waals surface area contributed by atoms with Crippen molar-refractivity contribution < 1.29 is 19.4 Å². The molecule has 1 aromatic heterocycles. The van der Waals surface area contributed by atoms with Gasteiger partial charge in [0, 0.05) is 5.56 Å². The summed E-state index contributed by atoms with van der Waals surface area (Å²) in [5, 5.41) is 18.0. The highest BCUT2D eigenvalue weighted by atomic mass is 16.5. The molecule has 0 aliphatic heterocycles. The number of amides is 1. The predicted molar refractivity (Wildman–Crippen MR) is 76.6 cm³/mol. The van der Waals surface area contributed by atoms with Crippen LogP contribution in [0.3, 0.4) is 0 Å². The first-order chi connectivity index (χ1) is 10.4. The van der Waals surface area contributed by atoms with E-state index in [1.54, 1.807) is 6.92 Å². The Hall–Kier alpha value is -3.10. The summed E-state index contributed by atoms with van der Waals surface area (Å²) in [6, 6.07) is 3.57. The zero-order valence-electron chi connectivity index (χ0n) is 12.0. The van der Waals surface area contributed by atoms with Crippen molar-refractivity contribution >= 4 is 17.8 Å². The van der Waals surface area contributed by atoms with Crippen molar-refractivity contribution in [1.82, 2.24) is 20.5 Å². The van der Waals surface area contributed by atoms with Gasteiger partial charge in [0.05, 0.1) is 18.7 Å². The third-order valence-electron chi connectivity index (χ3n) is 2.93. The maximum Gasteiger partial charge on any atom is 0.335 e. The molecule has 5 N–H and O–H groups in total. The number of aromatic carboxylic acids is 1. The Morgan fingerprint density at radius 2 is 2.05 bits per heavy atom. The number of anilines is 1. The number of nitrogens with zero attached hydrogens (tertiary/aromatic N) is 2.